The molecule has 1 N–H and O–H groups in total. The second kappa shape index (κ2) is 11.8. The molecule has 0 aliphatic heterocycles. The minimum absolute atomic E-state index is 0.618. The molecule has 134 valence electrons. The SMILES string of the molecule is COc1cc(/C(C)=C/C(=O)O)ccc1OCCCCCCCCCl. The number of allylic oxidation sites excluding steroid dienone is 1. The van der Waals surface area contributed by atoms with Crippen LogP contribution in [0.5, 0.6) is 11.5 Å². The quantitative estimate of drug-likeness (QED) is 0.321. The zero-order chi connectivity index (χ0) is 17.8. The molecule has 5 heteroatoms. The summed E-state index contributed by atoms with van der Waals surface area (Å²) in [5.74, 6) is 1.09. The Morgan fingerprint density at radius 3 is 2.42 bits per heavy atom. The van der Waals surface area contributed by atoms with Crippen molar-refractivity contribution >= 4 is 23.1 Å². The fraction of sp³-hybridized carbons (Fsp3) is 0.526. The van der Waals surface area contributed by atoms with Gasteiger partial charge in [0.2, 0.25) is 0 Å². The molecule has 0 heterocycles. The van der Waals surface area contributed by atoms with Gasteiger partial charge >= 0.3 is 5.97 Å². The Kier molecular flexibility index (Phi) is 10.0. The molecule has 0 atom stereocenters. The molecule has 0 fully saturated rings. The number of unbranched alkanes of at least 4 members (excludes halogenated alkanes) is 5. The van der Waals surface area contributed by atoms with E-state index >= 15 is 0 Å². The zero-order valence-electron chi connectivity index (χ0n) is 14.5. The summed E-state index contributed by atoms with van der Waals surface area (Å²) >= 11 is 5.65. The third kappa shape index (κ3) is 7.73. The maximum absolute atomic E-state index is 10.8. The first kappa shape index (κ1) is 20.4. The standard InChI is InChI=1S/C19H27ClO4/c1-15(13-19(21)22)16-9-10-17(18(14-16)23-2)24-12-8-6-4-3-5-7-11-20/h9-10,13-14H,3-8,11-12H2,1-2H3,(H,21,22)/b15-13+. The van der Waals surface area contributed by atoms with Gasteiger partial charge in [0.25, 0.3) is 0 Å². The molecule has 0 bridgehead atoms. The van der Waals surface area contributed by atoms with E-state index in [2.05, 4.69) is 0 Å². The molecular formula is C19H27ClO4. The van der Waals surface area contributed by atoms with Crippen LogP contribution >= 0.6 is 11.6 Å². The fourth-order valence-electron chi connectivity index (χ4n) is 2.39. The maximum Gasteiger partial charge on any atom is 0.328 e. The first-order chi connectivity index (χ1) is 11.6. The van der Waals surface area contributed by atoms with Crippen molar-refractivity contribution < 1.29 is 19.4 Å². The van der Waals surface area contributed by atoms with Crippen molar-refractivity contribution in [3.05, 3.63) is 29.8 Å². The second-order valence-corrected chi connectivity index (χ2v) is 6.07. The van der Waals surface area contributed by atoms with Gasteiger partial charge in [-0.1, -0.05) is 31.7 Å². The van der Waals surface area contributed by atoms with Crippen molar-refractivity contribution in [2.45, 2.75) is 45.4 Å². The monoisotopic (exact) mass is 354 g/mol. The van der Waals surface area contributed by atoms with E-state index in [4.69, 9.17) is 26.2 Å². The number of carbonyl (C=O) groups is 1. The largest absolute Gasteiger partial charge is 0.493 e. The minimum atomic E-state index is -0.960. The number of carboxylic acid groups (broad SMARTS) is 1. The van der Waals surface area contributed by atoms with E-state index in [1.165, 1.54) is 25.3 Å². The van der Waals surface area contributed by atoms with Crippen molar-refractivity contribution in [1.29, 1.82) is 0 Å². The van der Waals surface area contributed by atoms with Crippen LogP contribution < -0.4 is 9.47 Å². The predicted octanol–water partition coefficient (Wildman–Crippen LogP) is 5.14. The average molecular weight is 355 g/mol. The highest BCUT2D eigenvalue weighted by atomic mass is 35.5. The van der Waals surface area contributed by atoms with Gasteiger partial charge in [-0.25, -0.2) is 4.79 Å². The summed E-state index contributed by atoms with van der Waals surface area (Å²) in [6.07, 6.45) is 8.04. The molecule has 1 aromatic rings. The molecule has 1 rings (SSSR count). The van der Waals surface area contributed by atoms with Crippen molar-refractivity contribution in [2.24, 2.45) is 0 Å². The smallest absolute Gasteiger partial charge is 0.328 e. The lowest BCUT2D eigenvalue weighted by Gasteiger charge is -2.12. The van der Waals surface area contributed by atoms with Gasteiger partial charge in [-0.2, -0.15) is 0 Å². The van der Waals surface area contributed by atoms with Crippen LogP contribution in [-0.4, -0.2) is 30.7 Å². The summed E-state index contributed by atoms with van der Waals surface area (Å²) in [6.45, 7) is 2.41. The Labute approximate surface area is 149 Å². The Balaban J connectivity index is 2.47. The topological polar surface area (TPSA) is 55.8 Å². The van der Waals surface area contributed by atoms with Crippen LogP contribution in [0.4, 0.5) is 0 Å². The Morgan fingerprint density at radius 2 is 1.79 bits per heavy atom. The molecule has 24 heavy (non-hydrogen) atoms. The van der Waals surface area contributed by atoms with E-state index in [0.717, 1.165) is 30.7 Å². The molecule has 1 aromatic carbocycles. The Morgan fingerprint density at radius 1 is 1.12 bits per heavy atom. The summed E-state index contributed by atoms with van der Waals surface area (Å²) in [6, 6.07) is 5.48. The highest BCUT2D eigenvalue weighted by Gasteiger charge is 2.07. The molecule has 0 aromatic heterocycles. The second-order valence-electron chi connectivity index (χ2n) is 5.69. The van der Waals surface area contributed by atoms with Gasteiger partial charge in [-0.3, -0.25) is 0 Å². The van der Waals surface area contributed by atoms with Gasteiger partial charge in [-0.15, -0.1) is 11.6 Å². The van der Waals surface area contributed by atoms with Crippen LogP contribution in [0.15, 0.2) is 24.3 Å². The number of aliphatic carboxylic acids is 1. The summed E-state index contributed by atoms with van der Waals surface area (Å²) < 4.78 is 11.1. The summed E-state index contributed by atoms with van der Waals surface area (Å²) in [5.41, 5.74) is 1.48. The molecule has 0 unspecified atom stereocenters. The van der Waals surface area contributed by atoms with Gasteiger partial charge < -0.3 is 14.6 Å². The minimum Gasteiger partial charge on any atom is -0.493 e. The lowest BCUT2D eigenvalue weighted by molar-refractivity contribution is -0.131. The molecule has 0 radical (unpaired) electrons. The number of carboxylic acids is 1. The number of hydrogen-bond donors (Lipinski definition) is 1. The molecule has 0 saturated heterocycles. The first-order valence-corrected chi connectivity index (χ1v) is 8.90. The van der Waals surface area contributed by atoms with Crippen LogP contribution in [0.3, 0.4) is 0 Å². The number of methoxy groups -OCH3 is 1. The normalized spacial score (nSPS) is 11.4. The van der Waals surface area contributed by atoms with E-state index in [1.807, 2.05) is 12.1 Å². The van der Waals surface area contributed by atoms with E-state index in [-0.39, 0.29) is 0 Å². The highest BCUT2D eigenvalue weighted by molar-refractivity contribution is 6.17. The van der Waals surface area contributed by atoms with Crippen LogP contribution in [0, 0.1) is 0 Å². The summed E-state index contributed by atoms with van der Waals surface area (Å²) in [4.78, 5) is 10.8. The van der Waals surface area contributed by atoms with Crippen LogP contribution in [0.2, 0.25) is 0 Å². The van der Waals surface area contributed by atoms with E-state index in [9.17, 15) is 4.79 Å². The number of halogens is 1. The van der Waals surface area contributed by atoms with Gasteiger partial charge in [0.05, 0.1) is 13.7 Å². The first-order valence-electron chi connectivity index (χ1n) is 8.37. The van der Waals surface area contributed by atoms with Crippen molar-refractivity contribution in [2.75, 3.05) is 19.6 Å². The lowest BCUT2D eigenvalue weighted by atomic mass is 10.1. The molecule has 0 aliphatic carbocycles. The maximum atomic E-state index is 10.8. The highest BCUT2D eigenvalue weighted by Crippen LogP contribution is 2.30. The zero-order valence-corrected chi connectivity index (χ0v) is 15.3. The third-order valence-corrected chi connectivity index (χ3v) is 4.01. The molecule has 0 spiro atoms. The lowest BCUT2D eigenvalue weighted by Crippen LogP contribution is -2.00. The summed E-state index contributed by atoms with van der Waals surface area (Å²) in [7, 11) is 1.58. The molecule has 0 amide bonds. The molecular weight excluding hydrogens is 328 g/mol. The summed E-state index contributed by atoms with van der Waals surface area (Å²) in [5, 5.41) is 8.82. The molecule has 0 saturated carbocycles. The van der Waals surface area contributed by atoms with Crippen LogP contribution in [0.25, 0.3) is 5.57 Å². The van der Waals surface area contributed by atoms with Gasteiger partial charge in [0, 0.05) is 12.0 Å². The Bertz CT molecular complexity index is 540. The van der Waals surface area contributed by atoms with E-state index < -0.39 is 5.97 Å². The van der Waals surface area contributed by atoms with Crippen LogP contribution in [0.1, 0.15) is 51.0 Å². The number of ether oxygens (including phenoxy) is 2. The van der Waals surface area contributed by atoms with Crippen molar-refractivity contribution in [3.8, 4) is 11.5 Å². The van der Waals surface area contributed by atoms with Gasteiger partial charge in [0.15, 0.2) is 11.5 Å². The number of hydrogen-bond acceptors (Lipinski definition) is 3. The number of benzene rings is 1. The fourth-order valence-corrected chi connectivity index (χ4v) is 2.58. The van der Waals surface area contributed by atoms with Crippen LogP contribution in [-0.2, 0) is 4.79 Å². The van der Waals surface area contributed by atoms with Gasteiger partial charge in [-0.05, 0) is 43.0 Å². The van der Waals surface area contributed by atoms with E-state index in [0.29, 0.717) is 23.7 Å². The third-order valence-electron chi connectivity index (χ3n) is 3.74. The Hall–Kier alpha value is -1.68. The number of alkyl halides is 1. The molecule has 4 nitrogen and oxygen atoms in total. The predicted molar refractivity (Wildman–Crippen MR) is 98.2 cm³/mol. The van der Waals surface area contributed by atoms with Gasteiger partial charge in [0.1, 0.15) is 0 Å². The number of rotatable bonds is 12. The van der Waals surface area contributed by atoms with Crippen molar-refractivity contribution in [1.82, 2.24) is 0 Å². The average Bonchev–Trinajstić information content (AvgIpc) is 2.56. The molecule has 0 aliphatic rings. The van der Waals surface area contributed by atoms with E-state index in [1.54, 1.807) is 20.1 Å². The van der Waals surface area contributed by atoms with Crippen molar-refractivity contribution in [3.63, 3.8) is 0 Å².